The number of guanidine groups is 1. The van der Waals surface area contributed by atoms with Gasteiger partial charge in [0.1, 0.15) is 11.4 Å². The van der Waals surface area contributed by atoms with Gasteiger partial charge in [0.25, 0.3) is 0 Å². The molecular weight excluding hydrogens is 326 g/mol. The highest BCUT2D eigenvalue weighted by atomic mass is 16.5. The molecule has 2 N–H and O–H groups in total. The fourth-order valence-electron chi connectivity index (χ4n) is 4.21. The van der Waals surface area contributed by atoms with Gasteiger partial charge in [-0.25, -0.2) is 0 Å². The number of benzene rings is 1. The largest absolute Gasteiger partial charge is 0.487 e. The van der Waals surface area contributed by atoms with Crippen LogP contribution in [-0.2, 0) is 4.74 Å². The number of para-hydroxylation sites is 1. The summed E-state index contributed by atoms with van der Waals surface area (Å²) in [7, 11) is 1.83. The maximum atomic E-state index is 6.45. The van der Waals surface area contributed by atoms with Gasteiger partial charge in [-0.05, 0) is 50.5 Å². The summed E-state index contributed by atoms with van der Waals surface area (Å²) in [4.78, 5) is 4.41. The van der Waals surface area contributed by atoms with Crippen molar-refractivity contribution in [2.24, 2.45) is 10.9 Å². The van der Waals surface area contributed by atoms with Crippen LogP contribution in [0.3, 0.4) is 0 Å². The van der Waals surface area contributed by atoms with Gasteiger partial charge in [-0.1, -0.05) is 18.2 Å². The molecule has 2 fully saturated rings. The van der Waals surface area contributed by atoms with Crippen molar-refractivity contribution in [3.8, 4) is 5.75 Å². The molecule has 1 aliphatic heterocycles. The van der Waals surface area contributed by atoms with E-state index in [-0.39, 0.29) is 11.6 Å². The zero-order chi connectivity index (χ0) is 17.8. The molecule has 1 spiro atoms. The van der Waals surface area contributed by atoms with Gasteiger partial charge in [0, 0.05) is 32.2 Å². The molecule has 5 nitrogen and oxygen atoms in total. The molecule has 2 aliphatic carbocycles. The third-order valence-electron chi connectivity index (χ3n) is 5.84. The highest BCUT2D eigenvalue weighted by Crippen LogP contribution is 2.46. The molecule has 2 saturated carbocycles. The normalized spacial score (nSPS) is 24.2. The van der Waals surface area contributed by atoms with Crippen LogP contribution in [0, 0.1) is 5.92 Å². The Hall–Kier alpha value is -1.75. The highest BCUT2D eigenvalue weighted by molar-refractivity contribution is 5.80. The van der Waals surface area contributed by atoms with Crippen molar-refractivity contribution in [2.45, 2.75) is 56.6 Å². The summed E-state index contributed by atoms with van der Waals surface area (Å²) in [5.74, 6) is 2.69. The molecule has 26 heavy (non-hydrogen) atoms. The van der Waals surface area contributed by atoms with Crippen molar-refractivity contribution in [3.63, 3.8) is 0 Å². The Kier molecular flexibility index (Phi) is 5.34. The average Bonchev–Trinajstić information content (AvgIpc) is 3.39. The predicted octanol–water partition coefficient (Wildman–Crippen LogP) is 3.41. The van der Waals surface area contributed by atoms with Crippen molar-refractivity contribution in [2.75, 3.05) is 26.8 Å². The van der Waals surface area contributed by atoms with Crippen LogP contribution >= 0.6 is 0 Å². The minimum Gasteiger partial charge on any atom is -0.487 e. The topological polar surface area (TPSA) is 54.9 Å². The molecule has 0 radical (unpaired) electrons. The Morgan fingerprint density at radius 3 is 2.85 bits per heavy atom. The Bertz CT molecular complexity index is 636. The summed E-state index contributed by atoms with van der Waals surface area (Å²) in [6.45, 7) is 2.41. The maximum Gasteiger partial charge on any atom is 0.191 e. The van der Waals surface area contributed by atoms with E-state index in [1.54, 1.807) is 0 Å². The first-order valence-corrected chi connectivity index (χ1v) is 10.1. The first-order chi connectivity index (χ1) is 12.8. The van der Waals surface area contributed by atoms with Crippen LogP contribution in [0.15, 0.2) is 29.3 Å². The summed E-state index contributed by atoms with van der Waals surface area (Å²) in [5.41, 5.74) is 1.23. The Morgan fingerprint density at radius 1 is 1.27 bits per heavy atom. The molecule has 3 aliphatic rings. The maximum absolute atomic E-state index is 6.45. The van der Waals surface area contributed by atoms with Crippen LogP contribution in [0.1, 0.15) is 56.6 Å². The van der Waals surface area contributed by atoms with Gasteiger partial charge < -0.3 is 20.1 Å². The molecule has 0 aromatic heterocycles. The lowest BCUT2D eigenvalue weighted by Crippen LogP contribution is -2.47. The number of hydrogen-bond donors (Lipinski definition) is 2. The second-order valence-electron chi connectivity index (χ2n) is 7.95. The van der Waals surface area contributed by atoms with E-state index in [0.29, 0.717) is 0 Å². The molecule has 0 bridgehead atoms. The van der Waals surface area contributed by atoms with Gasteiger partial charge in [-0.3, -0.25) is 4.99 Å². The van der Waals surface area contributed by atoms with Gasteiger partial charge in [0.15, 0.2) is 5.96 Å². The summed E-state index contributed by atoms with van der Waals surface area (Å²) < 4.78 is 12.2. The van der Waals surface area contributed by atoms with E-state index < -0.39 is 0 Å². The second-order valence-corrected chi connectivity index (χ2v) is 7.95. The van der Waals surface area contributed by atoms with E-state index in [2.05, 4.69) is 39.9 Å². The van der Waals surface area contributed by atoms with E-state index in [1.165, 1.54) is 31.2 Å². The fraction of sp³-hybridized carbons (Fsp3) is 0.667. The molecule has 0 amide bonds. The highest BCUT2D eigenvalue weighted by Gasteiger charge is 2.43. The van der Waals surface area contributed by atoms with Gasteiger partial charge in [-0.2, -0.15) is 0 Å². The van der Waals surface area contributed by atoms with Gasteiger partial charge >= 0.3 is 0 Å². The molecule has 0 saturated heterocycles. The van der Waals surface area contributed by atoms with Crippen molar-refractivity contribution in [1.82, 2.24) is 10.6 Å². The summed E-state index contributed by atoms with van der Waals surface area (Å²) in [5, 5.41) is 7.02. The summed E-state index contributed by atoms with van der Waals surface area (Å²) in [6, 6.07) is 8.66. The van der Waals surface area contributed by atoms with Gasteiger partial charge in [-0.15, -0.1) is 0 Å². The monoisotopic (exact) mass is 357 g/mol. The third-order valence-corrected chi connectivity index (χ3v) is 5.84. The number of ether oxygens (including phenoxy) is 2. The van der Waals surface area contributed by atoms with E-state index in [1.807, 2.05) is 7.05 Å². The first kappa shape index (κ1) is 17.7. The SMILES string of the molecule is CN=C(NCCOCC1CC1)NC1CC2(CCCC2)Oc2ccccc21. The van der Waals surface area contributed by atoms with Crippen LogP contribution in [-0.4, -0.2) is 38.4 Å². The van der Waals surface area contributed by atoms with Gasteiger partial charge in [0.2, 0.25) is 0 Å². The van der Waals surface area contributed by atoms with E-state index >= 15 is 0 Å². The Labute approximate surface area is 156 Å². The predicted molar refractivity (Wildman–Crippen MR) is 104 cm³/mol. The molecule has 1 aromatic carbocycles. The quantitative estimate of drug-likeness (QED) is 0.465. The zero-order valence-corrected chi connectivity index (χ0v) is 15.8. The van der Waals surface area contributed by atoms with Crippen LogP contribution in [0.5, 0.6) is 5.75 Å². The van der Waals surface area contributed by atoms with Crippen LogP contribution in [0.25, 0.3) is 0 Å². The molecule has 1 heterocycles. The number of nitrogens with one attached hydrogen (secondary N) is 2. The molecular formula is C21H31N3O2. The standard InChI is InChI=1S/C21H31N3O2/c1-22-20(23-12-13-25-15-16-8-9-16)24-18-14-21(10-4-5-11-21)26-19-7-3-2-6-17(18)19/h2-3,6-7,16,18H,4-5,8-15H2,1H3,(H2,22,23,24). The van der Waals surface area contributed by atoms with E-state index in [9.17, 15) is 0 Å². The molecule has 4 rings (SSSR count). The number of aliphatic imine (C=N–C) groups is 1. The Morgan fingerprint density at radius 2 is 2.08 bits per heavy atom. The van der Waals surface area contributed by atoms with Crippen molar-refractivity contribution in [1.29, 1.82) is 0 Å². The van der Waals surface area contributed by atoms with Crippen LogP contribution in [0.2, 0.25) is 0 Å². The number of fused-ring (bicyclic) bond motifs is 1. The van der Waals surface area contributed by atoms with E-state index in [4.69, 9.17) is 9.47 Å². The van der Waals surface area contributed by atoms with Crippen LogP contribution < -0.4 is 15.4 Å². The number of rotatable bonds is 6. The molecule has 1 unspecified atom stereocenters. The lowest BCUT2D eigenvalue weighted by Gasteiger charge is -2.40. The second kappa shape index (κ2) is 7.87. The Balaban J connectivity index is 1.36. The number of hydrogen-bond acceptors (Lipinski definition) is 3. The smallest absolute Gasteiger partial charge is 0.191 e. The average molecular weight is 357 g/mol. The minimum absolute atomic E-state index is 0.00174. The lowest BCUT2D eigenvalue weighted by atomic mass is 9.86. The minimum atomic E-state index is -0.00174. The van der Waals surface area contributed by atoms with E-state index in [0.717, 1.165) is 56.6 Å². The zero-order valence-electron chi connectivity index (χ0n) is 15.8. The number of nitrogens with zero attached hydrogens (tertiary/aromatic N) is 1. The molecule has 1 aromatic rings. The molecule has 1 atom stereocenters. The molecule has 5 heteroatoms. The lowest BCUT2D eigenvalue weighted by molar-refractivity contribution is 0.0395. The van der Waals surface area contributed by atoms with Crippen molar-refractivity contribution < 1.29 is 9.47 Å². The van der Waals surface area contributed by atoms with Gasteiger partial charge in [0.05, 0.1) is 12.6 Å². The first-order valence-electron chi connectivity index (χ1n) is 10.1. The fourth-order valence-corrected chi connectivity index (χ4v) is 4.21. The van der Waals surface area contributed by atoms with Crippen molar-refractivity contribution in [3.05, 3.63) is 29.8 Å². The third kappa shape index (κ3) is 4.14. The molecule has 142 valence electrons. The summed E-state index contributed by atoms with van der Waals surface area (Å²) in [6.07, 6.45) is 8.51. The summed E-state index contributed by atoms with van der Waals surface area (Å²) >= 11 is 0. The van der Waals surface area contributed by atoms with Crippen LogP contribution in [0.4, 0.5) is 0 Å². The van der Waals surface area contributed by atoms with Crippen molar-refractivity contribution >= 4 is 5.96 Å².